The summed E-state index contributed by atoms with van der Waals surface area (Å²) in [6.07, 6.45) is 4.20. The predicted octanol–water partition coefficient (Wildman–Crippen LogP) is 1.77. The highest BCUT2D eigenvalue weighted by molar-refractivity contribution is 5.94. The van der Waals surface area contributed by atoms with Crippen LogP contribution in [0.3, 0.4) is 0 Å². The van der Waals surface area contributed by atoms with Gasteiger partial charge in [-0.2, -0.15) is 0 Å². The van der Waals surface area contributed by atoms with E-state index in [0.717, 1.165) is 42.3 Å². The van der Waals surface area contributed by atoms with Gasteiger partial charge in [-0.15, -0.1) is 0 Å². The summed E-state index contributed by atoms with van der Waals surface area (Å²) >= 11 is 0. The lowest BCUT2D eigenvalue weighted by atomic mass is 10.2. The highest BCUT2D eigenvalue weighted by atomic mass is 16.5. The Balaban J connectivity index is 1.20. The van der Waals surface area contributed by atoms with E-state index in [4.69, 9.17) is 4.74 Å². The molecule has 8 heteroatoms. The predicted molar refractivity (Wildman–Crippen MR) is 122 cm³/mol. The second-order valence-corrected chi connectivity index (χ2v) is 8.04. The van der Waals surface area contributed by atoms with Gasteiger partial charge in [0.2, 0.25) is 5.91 Å². The number of carbonyl (C=O) groups excluding carboxylic acids is 2. The van der Waals surface area contributed by atoms with Crippen molar-refractivity contribution in [3.8, 4) is 5.75 Å². The number of imidazole rings is 1. The number of methoxy groups -OCH3 is 1. The van der Waals surface area contributed by atoms with E-state index in [1.807, 2.05) is 40.8 Å². The molecule has 3 heterocycles. The Labute approximate surface area is 187 Å². The van der Waals surface area contributed by atoms with Crippen LogP contribution in [0.1, 0.15) is 21.6 Å². The number of rotatable bonds is 7. The van der Waals surface area contributed by atoms with Crippen LogP contribution >= 0.6 is 0 Å². The van der Waals surface area contributed by atoms with Crippen molar-refractivity contribution in [2.75, 3.05) is 46.4 Å². The number of nitrogens with zero attached hydrogens (tertiary/aromatic N) is 4. The van der Waals surface area contributed by atoms with Gasteiger partial charge in [-0.1, -0.05) is 6.07 Å². The van der Waals surface area contributed by atoms with Crippen LogP contribution in [-0.4, -0.2) is 77.4 Å². The molecule has 1 aliphatic heterocycles. The zero-order valence-corrected chi connectivity index (χ0v) is 18.6. The third-order valence-corrected chi connectivity index (χ3v) is 5.85. The average Bonchev–Trinajstić information content (AvgIpc) is 3.23. The number of piperazine rings is 1. The third kappa shape index (κ3) is 5.08. The molecule has 1 aliphatic rings. The first-order valence-corrected chi connectivity index (χ1v) is 10.9. The molecule has 1 N–H and O–H groups in total. The molecule has 4 rings (SSSR count). The molecule has 1 saturated heterocycles. The molecule has 0 saturated carbocycles. The molecule has 1 aromatic carbocycles. The van der Waals surface area contributed by atoms with Crippen molar-refractivity contribution in [3.05, 3.63) is 65.6 Å². The van der Waals surface area contributed by atoms with Gasteiger partial charge in [0.05, 0.1) is 19.2 Å². The molecule has 8 nitrogen and oxygen atoms in total. The van der Waals surface area contributed by atoms with Crippen molar-refractivity contribution >= 4 is 17.5 Å². The van der Waals surface area contributed by atoms with E-state index >= 15 is 0 Å². The normalized spacial score (nSPS) is 14.5. The number of aromatic nitrogens is 2. The number of carbonyl (C=O) groups is 2. The van der Waals surface area contributed by atoms with Gasteiger partial charge >= 0.3 is 0 Å². The molecule has 32 heavy (non-hydrogen) atoms. The van der Waals surface area contributed by atoms with Gasteiger partial charge in [0, 0.05) is 57.2 Å². The summed E-state index contributed by atoms with van der Waals surface area (Å²) in [4.78, 5) is 33.8. The Bertz CT molecular complexity index is 1080. The minimum atomic E-state index is -0.0934. The van der Waals surface area contributed by atoms with Crippen LogP contribution in [0.15, 0.2) is 48.8 Å². The quantitative estimate of drug-likeness (QED) is 0.612. The number of pyridine rings is 1. The molecule has 1 fully saturated rings. The zero-order valence-electron chi connectivity index (χ0n) is 18.6. The fourth-order valence-electron chi connectivity index (χ4n) is 3.95. The van der Waals surface area contributed by atoms with Crippen LogP contribution in [0, 0.1) is 6.92 Å². The molecular weight excluding hydrogens is 406 g/mol. The van der Waals surface area contributed by atoms with E-state index in [-0.39, 0.29) is 11.8 Å². The van der Waals surface area contributed by atoms with Crippen LogP contribution < -0.4 is 10.1 Å². The SMILES string of the molecule is COc1ccc(C(=O)NCCN2CCN(C(=O)Cc3cn4cccc(C)c4n3)CC2)cc1. The summed E-state index contributed by atoms with van der Waals surface area (Å²) in [7, 11) is 1.60. The summed E-state index contributed by atoms with van der Waals surface area (Å²) in [5.41, 5.74) is 3.41. The summed E-state index contributed by atoms with van der Waals surface area (Å²) in [6, 6.07) is 11.1. The summed E-state index contributed by atoms with van der Waals surface area (Å²) in [6.45, 7) is 6.33. The highest BCUT2D eigenvalue weighted by Gasteiger charge is 2.22. The minimum absolute atomic E-state index is 0.0934. The maximum Gasteiger partial charge on any atom is 0.251 e. The molecule has 2 aromatic heterocycles. The molecule has 0 radical (unpaired) electrons. The minimum Gasteiger partial charge on any atom is -0.497 e. The van der Waals surface area contributed by atoms with Gasteiger partial charge in [-0.3, -0.25) is 14.5 Å². The number of amides is 2. The standard InChI is InChI=1S/C24H29N5O3/c1-18-4-3-10-29-17-20(26-23(18)29)16-22(30)28-14-12-27(13-15-28)11-9-25-24(31)19-5-7-21(32-2)8-6-19/h3-8,10,17H,9,11-16H2,1-2H3,(H,25,31). The molecule has 168 valence electrons. The summed E-state index contributed by atoms with van der Waals surface area (Å²) < 4.78 is 7.08. The second kappa shape index (κ2) is 9.82. The van der Waals surface area contributed by atoms with Gasteiger partial charge in [0.25, 0.3) is 5.91 Å². The van der Waals surface area contributed by atoms with Crippen LogP contribution in [0.5, 0.6) is 5.75 Å². The van der Waals surface area contributed by atoms with Crippen LogP contribution in [-0.2, 0) is 11.2 Å². The van der Waals surface area contributed by atoms with E-state index in [9.17, 15) is 9.59 Å². The molecule has 0 atom stereocenters. The van der Waals surface area contributed by atoms with Gasteiger partial charge in [-0.25, -0.2) is 4.98 Å². The number of hydrogen-bond donors (Lipinski definition) is 1. The molecule has 0 spiro atoms. The first-order chi connectivity index (χ1) is 15.5. The highest BCUT2D eigenvalue weighted by Crippen LogP contribution is 2.13. The largest absolute Gasteiger partial charge is 0.497 e. The van der Waals surface area contributed by atoms with E-state index in [2.05, 4.69) is 15.2 Å². The fourth-order valence-corrected chi connectivity index (χ4v) is 3.95. The van der Waals surface area contributed by atoms with E-state index < -0.39 is 0 Å². The smallest absolute Gasteiger partial charge is 0.251 e. The van der Waals surface area contributed by atoms with Crippen molar-refractivity contribution in [2.45, 2.75) is 13.3 Å². The zero-order chi connectivity index (χ0) is 22.5. The van der Waals surface area contributed by atoms with Gasteiger partial charge in [-0.05, 0) is 42.8 Å². The molecule has 3 aromatic rings. The number of hydrogen-bond acceptors (Lipinski definition) is 5. The lowest BCUT2D eigenvalue weighted by molar-refractivity contribution is -0.132. The first-order valence-electron chi connectivity index (χ1n) is 10.9. The molecule has 0 bridgehead atoms. The Hall–Kier alpha value is -3.39. The molecular formula is C24H29N5O3. The number of aryl methyl sites for hydroxylation is 1. The topological polar surface area (TPSA) is 79.2 Å². The Morgan fingerprint density at radius 2 is 1.84 bits per heavy atom. The summed E-state index contributed by atoms with van der Waals surface area (Å²) in [5, 5.41) is 2.96. The maximum absolute atomic E-state index is 12.7. The van der Waals surface area contributed by atoms with Crippen molar-refractivity contribution in [1.82, 2.24) is 24.5 Å². The van der Waals surface area contributed by atoms with E-state index in [1.54, 1.807) is 31.4 Å². The first kappa shape index (κ1) is 21.8. The van der Waals surface area contributed by atoms with Crippen molar-refractivity contribution in [2.24, 2.45) is 0 Å². The lowest BCUT2D eigenvalue weighted by Gasteiger charge is -2.34. The van der Waals surface area contributed by atoms with Gasteiger partial charge in [0.1, 0.15) is 11.4 Å². The van der Waals surface area contributed by atoms with Crippen LogP contribution in [0.25, 0.3) is 5.65 Å². The van der Waals surface area contributed by atoms with Crippen molar-refractivity contribution in [3.63, 3.8) is 0 Å². The molecule has 2 amide bonds. The lowest BCUT2D eigenvalue weighted by Crippen LogP contribution is -2.50. The summed E-state index contributed by atoms with van der Waals surface area (Å²) in [5.74, 6) is 0.743. The second-order valence-electron chi connectivity index (χ2n) is 8.04. The fraction of sp³-hybridized carbons (Fsp3) is 0.375. The van der Waals surface area contributed by atoms with Crippen molar-refractivity contribution < 1.29 is 14.3 Å². The number of ether oxygens (including phenoxy) is 1. The third-order valence-electron chi connectivity index (χ3n) is 5.85. The van der Waals surface area contributed by atoms with E-state index in [1.165, 1.54) is 0 Å². The number of benzene rings is 1. The van der Waals surface area contributed by atoms with Crippen LogP contribution in [0.2, 0.25) is 0 Å². The van der Waals surface area contributed by atoms with Gasteiger partial charge in [0.15, 0.2) is 0 Å². The monoisotopic (exact) mass is 435 g/mol. The van der Waals surface area contributed by atoms with E-state index in [0.29, 0.717) is 31.6 Å². The Kier molecular flexibility index (Phi) is 6.70. The van der Waals surface area contributed by atoms with Gasteiger partial charge < -0.3 is 19.4 Å². The van der Waals surface area contributed by atoms with Crippen molar-refractivity contribution in [1.29, 1.82) is 0 Å². The van der Waals surface area contributed by atoms with Crippen LogP contribution in [0.4, 0.5) is 0 Å². The Morgan fingerprint density at radius 1 is 1.09 bits per heavy atom. The molecule has 0 unspecified atom stereocenters. The average molecular weight is 436 g/mol. The Morgan fingerprint density at radius 3 is 2.53 bits per heavy atom. The maximum atomic E-state index is 12.7. The molecule has 0 aliphatic carbocycles. The number of nitrogens with one attached hydrogen (secondary N) is 1. The number of fused-ring (bicyclic) bond motifs is 1.